The van der Waals surface area contributed by atoms with E-state index >= 15 is 0 Å². The predicted molar refractivity (Wildman–Crippen MR) is 61.2 cm³/mol. The molecule has 1 atom stereocenters. The van der Waals surface area contributed by atoms with Crippen LogP contribution in [0, 0.1) is 5.92 Å². The van der Waals surface area contributed by atoms with Gasteiger partial charge in [0, 0.05) is 12.5 Å². The summed E-state index contributed by atoms with van der Waals surface area (Å²) in [6, 6.07) is 4.49. The first-order valence-corrected chi connectivity index (χ1v) is 5.58. The first-order chi connectivity index (χ1) is 8.47. The number of nitrogens with two attached hydrogens (primary N) is 1. The van der Waals surface area contributed by atoms with E-state index in [2.05, 4.69) is 0 Å². The number of aliphatic hydroxyl groups excluding tert-OH is 1. The van der Waals surface area contributed by atoms with Gasteiger partial charge >= 0.3 is 6.18 Å². The molecule has 18 heavy (non-hydrogen) atoms. The average molecular weight is 263 g/mol. The lowest BCUT2D eigenvalue weighted by atomic mass is 10.1. The van der Waals surface area contributed by atoms with Crippen molar-refractivity contribution in [3.63, 3.8) is 0 Å². The number of aliphatic hydroxyl groups is 1. The normalized spacial score (nSPS) is 13.4. The van der Waals surface area contributed by atoms with Crippen molar-refractivity contribution < 1.29 is 23.0 Å². The molecule has 0 saturated heterocycles. The Morgan fingerprint density at radius 3 is 2.28 bits per heavy atom. The fourth-order valence-corrected chi connectivity index (χ4v) is 1.41. The van der Waals surface area contributed by atoms with E-state index in [9.17, 15) is 13.2 Å². The smallest absolute Gasteiger partial charge is 0.416 e. The zero-order chi connectivity index (χ0) is 13.6. The lowest BCUT2D eigenvalue weighted by Crippen LogP contribution is -2.22. The van der Waals surface area contributed by atoms with Crippen molar-refractivity contribution in [2.75, 3.05) is 19.8 Å². The Labute approximate surface area is 103 Å². The Balaban J connectivity index is 2.53. The summed E-state index contributed by atoms with van der Waals surface area (Å²) in [5.74, 6) is 0.358. The number of benzene rings is 1. The molecule has 0 saturated carbocycles. The molecule has 0 amide bonds. The lowest BCUT2D eigenvalue weighted by molar-refractivity contribution is -0.137. The molecule has 0 aliphatic rings. The molecule has 0 aliphatic carbocycles. The zero-order valence-electron chi connectivity index (χ0n) is 9.78. The van der Waals surface area contributed by atoms with E-state index < -0.39 is 11.7 Å². The molecule has 0 radical (unpaired) electrons. The molecule has 0 aliphatic heterocycles. The van der Waals surface area contributed by atoms with E-state index in [0.717, 1.165) is 12.1 Å². The highest BCUT2D eigenvalue weighted by Gasteiger charge is 2.30. The first kappa shape index (κ1) is 14.8. The van der Waals surface area contributed by atoms with Crippen molar-refractivity contribution >= 4 is 0 Å². The third-order valence-electron chi connectivity index (χ3n) is 2.54. The van der Waals surface area contributed by atoms with E-state index in [1.165, 1.54) is 12.1 Å². The molecule has 1 aromatic rings. The third-order valence-corrected chi connectivity index (χ3v) is 2.54. The van der Waals surface area contributed by atoms with Crippen molar-refractivity contribution in [1.29, 1.82) is 0 Å². The summed E-state index contributed by atoms with van der Waals surface area (Å²) < 4.78 is 42.2. The van der Waals surface area contributed by atoms with Gasteiger partial charge in [0.25, 0.3) is 0 Å². The molecule has 0 spiro atoms. The first-order valence-electron chi connectivity index (χ1n) is 5.58. The molecular weight excluding hydrogens is 247 g/mol. The van der Waals surface area contributed by atoms with Crippen LogP contribution in [0.5, 0.6) is 5.75 Å². The number of ether oxygens (including phenoxy) is 1. The van der Waals surface area contributed by atoms with Gasteiger partial charge in [-0.25, -0.2) is 0 Å². The van der Waals surface area contributed by atoms with Crippen LogP contribution in [0.25, 0.3) is 0 Å². The van der Waals surface area contributed by atoms with Gasteiger partial charge in [-0.1, -0.05) is 0 Å². The van der Waals surface area contributed by atoms with Gasteiger partial charge in [0.2, 0.25) is 0 Å². The summed E-state index contributed by atoms with van der Waals surface area (Å²) in [5, 5.41) is 8.75. The van der Waals surface area contributed by atoms with Crippen LogP contribution >= 0.6 is 0 Å². The second-order valence-electron chi connectivity index (χ2n) is 3.95. The van der Waals surface area contributed by atoms with Crippen LogP contribution in [0.4, 0.5) is 13.2 Å². The van der Waals surface area contributed by atoms with Crippen LogP contribution in [0.2, 0.25) is 0 Å². The van der Waals surface area contributed by atoms with E-state index in [1.807, 2.05) is 0 Å². The number of hydrogen-bond donors (Lipinski definition) is 2. The standard InChI is InChI=1S/C12H16F3NO2/c13-12(14,15)10-1-3-11(4-2-10)18-8-9(7-16)5-6-17/h1-4,9,17H,5-8,16H2. The van der Waals surface area contributed by atoms with Gasteiger partial charge < -0.3 is 15.6 Å². The van der Waals surface area contributed by atoms with Crippen LogP contribution in [-0.2, 0) is 6.18 Å². The van der Waals surface area contributed by atoms with Crippen molar-refractivity contribution in [3.05, 3.63) is 29.8 Å². The number of rotatable bonds is 6. The van der Waals surface area contributed by atoms with Crippen molar-refractivity contribution in [1.82, 2.24) is 0 Å². The summed E-state index contributed by atoms with van der Waals surface area (Å²) >= 11 is 0. The Kier molecular flexibility index (Phi) is 5.43. The molecule has 1 rings (SSSR count). The van der Waals surface area contributed by atoms with Crippen LogP contribution in [0.3, 0.4) is 0 Å². The average Bonchev–Trinajstić information content (AvgIpc) is 2.34. The number of halogens is 3. The molecule has 1 unspecified atom stereocenters. The second kappa shape index (κ2) is 6.61. The van der Waals surface area contributed by atoms with Crippen LogP contribution in [-0.4, -0.2) is 24.9 Å². The quantitative estimate of drug-likeness (QED) is 0.825. The largest absolute Gasteiger partial charge is 0.493 e. The molecule has 0 heterocycles. The van der Waals surface area contributed by atoms with Gasteiger partial charge in [0.05, 0.1) is 12.2 Å². The summed E-state index contributed by atoms with van der Waals surface area (Å²) in [5.41, 5.74) is 4.76. The number of alkyl halides is 3. The molecule has 0 aromatic heterocycles. The highest BCUT2D eigenvalue weighted by molar-refractivity contribution is 5.28. The molecule has 0 fully saturated rings. The molecule has 1 aromatic carbocycles. The Bertz CT molecular complexity index is 351. The van der Waals surface area contributed by atoms with Gasteiger partial charge in [0.15, 0.2) is 0 Å². The monoisotopic (exact) mass is 263 g/mol. The highest BCUT2D eigenvalue weighted by atomic mass is 19.4. The van der Waals surface area contributed by atoms with Crippen LogP contribution in [0.1, 0.15) is 12.0 Å². The minimum atomic E-state index is -4.34. The predicted octanol–water partition coefficient (Wildman–Crippen LogP) is 2.04. The van der Waals surface area contributed by atoms with Gasteiger partial charge in [-0.15, -0.1) is 0 Å². The van der Waals surface area contributed by atoms with Gasteiger partial charge in [-0.3, -0.25) is 0 Å². The Hall–Kier alpha value is -1.27. The summed E-state index contributed by atoms with van der Waals surface area (Å²) in [6.07, 6.45) is -3.83. The SMILES string of the molecule is NCC(CCO)COc1ccc(C(F)(F)F)cc1. The van der Waals surface area contributed by atoms with Crippen molar-refractivity contribution in [2.24, 2.45) is 11.7 Å². The summed E-state index contributed by atoms with van der Waals surface area (Å²) in [6.45, 7) is 0.655. The van der Waals surface area contributed by atoms with Crippen LogP contribution in [0.15, 0.2) is 24.3 Å². The molecule has 6 heteroatoms. The molecule has 3 nitrogen and oxygen atoms in total. The van der Waals surface area contributed by atoms with Crippen LogP contribution < -0.4 is 10.5 Å². The van der Waals surface area contributed by atoms with E-state index in [1.54, 1.807) is 0 Å². The van der Waals surface area contributed by atoms with Crippen molar-refractivity contribution in [2.45, 2.75) is 12.6 Å². The Morgan fingerprint density at radius 2 is 1.83 bits per heavy atom. The second-order valence-corrected chi connectivity index (χ2v) is 3.95. The minimum Gasteiger partial charge on any atom is -0.493 e. The zero-order valence-corrected chi connectivity index (χ0v) is 9.78. The third kappa shape index (κ3) is 4.54. The fourth-order valence-electron chi connectivity index (χ4n) is 1.41. The molecule has 3 N–H and O–H groups in total. The lowest BCUT2D eigenvalue weighted by Gasteiger charge is -2.15. The number of hydrogen-bond acceptors (Lipinski definition) is 3. The summed E-state index contributed by atoms with van der Waals surface area (Å²) in [7, 11) is 0. The summed E-state index contributed by atoms with van der Waals surface area (Å²) in [4.78, 5) is 0. The maximum absolute atomic E-state index is 12.3. The van der Waals surface area contributed by atoms with Gasteiger partial charge in [-0.2, -0.15) is 13.2 Å². The Morgan fingerprint density at radius 1 is 1.22 bits per heavy atom. The maximum atomic E-state index is 12.3. The fraction of sp³-hybridized carbons (Fsp3) is 0.500. The maximum Gasteiger partial charge on any atom is 0.416 e. The van der Waals surface area contributed by atoms with Crippen molar-refractivity contribution in [3.8, 4) is 5.75 Å². The van der Waals surface area contributed by atoms with E-state index in [4.69, 9.17) is 15.6 Å². The van der Waals surface area contributed by atoms with Gasteiger partial charge in [0.1, 0.15) is 5.75 Å². The molecular formula is C12H16F3NO2. The van der Waals surface area contributed by atoms with Gasteiger partial charge in [-0.05, 0) is 37.2 Å². The minimum absolute atomic E-state index is 0.00251. The topological polar surface area (TPSA) is 55.5 Å². The molecule has 102 valence electrons. The highest BCUT2D eigenvalue weighted by Crippen LogP contribution is 2.30. The molecule has 0 bridgehead atoms. The van der Waals surface area contributed by atoms with E-state index in [-0.39, 0.29) is 19.1 Å². The van der Waals surface area contributed by atoms with E-state index in [0.29, 0.717) is 18.7 Å².